The molecule has 7 heteroatoms. The zero-order valence-corrected chi connectivity index (χ0v) is 15.2. The van der Waals surface area contributed by atoms with Gasteiger partial charge in [0.15, 0.2) is 0 Å². The molecule has 0 aromatic heterocycles. The van der Waals surface area contributed by atoms with Gasteiger partial charge in [-0.05, 0) is 25.0 Å². The van der Waals surface area contributed by atoms with E-state index in [0.717, 1.165) is 38.5 Å². The van der Waals surface area contributed by atoms with Gasteiger partial charge in [0.25, 0.3) is 0 Å². The molecular weight excluding hydrogens is 336 g/mol. The number of urea groups is 1. The number of carbonyl (C=O) groups is 2. The summed E-state index contributed by atoms with van der Waals surface area (Å²) < 4.78 is 0. The van der Waals surface area contributed by atoms with Crippen LogP contribution in [-0.4, -0.2) is 23.7 Å². The largest absolute Gasteiger partial charge is 0.481 e. The van der Waals surface area contributed by atoms with Crippen LogP contribution in [-0.2, 0) is 14.7 Å². The summed E-state index contributed by atoms with van der Waals surface area (Å²) in [5.41, 5.74) is 2.84. The molecule has 0 saturated carbocycles. The Morgan fingerprint density at radius 2 is 1.42 bits per heavy atom. The predicted octanol–water partition coefficient (Wildman–Crippen LogP) is 4.66. The van der Waals surface area contributed by atoms with E-state index in [2.05, 4.69) is 15.8 Å². The fraction of sp³-hybridized carbons (Fsp3) is 0.579. The summed E-state index contributed by atoms with van der Waals surface area (Å²) in [5.74, 6) is -0.705. The van der Waals surface area contributed by atoms with Gasteiger partial charge < -0.3 is 10.4 Å². The van der Waals surface area contributed by atoms with Crippen LogP contribution >= 0.6 is 0 Å². The third kappa shape index (κ3) is 13.2. The molecule has 0 radical (unpaired) electrons. The molecule has 0 aliphatic rings. The Balaban J connectivity index is 1.79. The van der Waals surface area contributed by atoms with Crippen molar-refractivity contribution in [2.45, 2.75) is 64.2 Å². The number of carboxylic acids is 1. The quantitative estimate of drug-likeness (QED) is 0.238. The molecule has 146 valence electrons. The second kappa shape index (κ2) is 15.2. The lowest BCUT2D eigenvalue weighted by molar-refractivity contribution is -0.323. The van der Waals surface area contributed by atoms with Gasteiger partial charge in [0, 0.05) is 12.1 Å². The first-order chi connectivity index (χ1) is 12.7. The average Bonchev–Trinajstić information content (AvgIpc) is 2.62. The number of aliphatic carboxylic acids is 1. The Labute approximate surface area is 155 Å². The molecule has 0 atom stereocenters. The highest BCUT2D eigenvalue weighted by Gasteiger charge is 2.01. The molecular formula is C19H30N2O5. The Morgan fingerprint density at radius 1 is 0.846 bits per heavy atom. The molecule has 0 aliphatic heterocycles. The Morgan fingerprint density at radius 3 is 2.04 bits per heavy atom. The monoisotopic (exact) mass is 366 g/mol. The third-order valence-corrected chi connectivity index (χ3v) is 3.84. The number of carbonyl (C=O) groups excluding carboxylic acids is 1. The number of unbranched alkanes of at least 4 members (excludes halogenated alkanes) is 8. The fourth-order valence-electron chi connectivity index (χ4n) is 2.46. The first-order valence-electron chi connectivity index (χ1n) is 9.31. The summed E-state index contributed by atoms with van der Waals surface area (Å²) in [6, 6.07) is 8.58. The predicted molar refractivity (Wildman–Crippen MR) is 99.4 cm³/mol. The number of amides is 2. The number of carboxylic acid groups (broad SMARTS) is 1. The molecule has 0 unspecified atom stereocenters. The van der Waals surface area contributed by atoms with Crippen LogP contribution in [0, 0.1) is 0 Å². The Bertz CT molecular complexity index is 496. The summed E-state index contributed by atoms with van der Waals surface area (Å²) in [7, 11) is 0. The van der Waals surface area contributed by atoms with E-state index in [1.54, 1.807) is 12.1 Å². The normalized spacial score (nSPS) is 10.5. The maximum Gasteiger partial charge on any atom is 0.345 e. The van der Waals surface area contributed by atoms with E-state index in [0.29, 0.717) is 12.3 Å². The number of hydrogen-bond donors (Lipinski definition) is 3. The van der Waals surface area contributed by atoms with Gasteiger partial charge in [-0.3, -0.25) is 4.79 Å². The van der Waals surface area contributed by atoms with Crippen LogP contribution in [0.15, 0.2) is 30.3 Å². The molecule has 26 heavy (non-hydrogen) atoms. The summed E-state index contributed by atoms with van der Waals surface area (Å²) in [4.78, 5) is 31.4. The number of para-hydroxylation sites is 1. The van der Waals surface area contributed by atoms with Gasteiger partial charge in [-0.15, -0.1) is 4.99 Å². The molecule has 1 rings (SSSR count). The number of nitrogens with one attached hydrogen (secondary N) is 2. The molecule has 1 aromatic rings. The summed E-state index contributed by atoms with van der Waals surface area (Å²) in [5, 5.41) is 11.1. The first-order valence-corrected chi connectivity index (χ1v) is 9.31. The van der Waals surface area contributed by atoms with Crippen molar-refractivity contribution in [2.24, 2.45) is 0 Å². The van der Waals surface area contributed by atoms with Gasteiger partial charge in [0.05, 0.1) is 6.61 Å². The van der Waals surface area contributed by atoms with E-state index >= 15 is 0 Å². The topological polar surface area (TPSA) is 96.9 Å². The molecule has 0 fully saturated rings. The zero-order chi connectivity index (χ0) is 18.9. The SMILES string of the molecule is O=C(O)CCCCCCCCCCCOONC(=O)Nc1ccccc1. The maximum absolute atomic E-state index is 11.5. The summed E-state index contributed by atoms with van der Waals surface area (Å²) >= 11 is 0. The van der Waals surface area contributed by atoms with Crippen LogP contribution < -0.4 is 10.8 Å². The van der Waals surface area contributed by atoms with Crippen molar-refractivity contribution < 1.29 is 24.6 Å². The Kier molecular flexibility index (Phi) is 12.8. The van der Waals surface area contributed by atoms with Gasteiger partial charge in [0.1, 0.15) is 0 Å². The highest BCUT2D eigenvalue weighted by Crippen LogP contribution is 2.10. The smallest absolute Gasteiger partial charge is 0.345 e. The lowest BCUT2D eigenvalue weighted by Gasteiger charge is -2.07. The van der Waals surface area contributed by atoms with Crippen LogP contribution in [0.2, 0.25) is 0 Å². The van der Waals surface area contributed by atoms with Crippen LogP contribution in [0.1, 0.15) is 64.2 Å². The minimum Gasteiger partial charge on any atom is -0.481 e. The van der Waals surface area contributed by atoms with E-state index in [4.69, 9.17) is 9.99 Å². The van der Waals surface area contributed by atoms with Crippen LogP contribution in [0.4, 0.5) is 10.5 Å². The maximum atomic E-state index is 11.5. The lowest BCUT2D eigenvalue weighted by Crippen LogP contribution is -2.29. The number of anilines is 1. The zero-order valence-electron chi connectivity index (χ0n) is 15.2. The van der Waals surface area contributed by atoms with Crippen molar-refractivity contribution in [3.8, 4) is 0 Å². The van der Waals surface area contributed by atoms with Crippen molar-refractivity contribution in [1.29, 1.82) is 0 Å². The van der Waals surface area contributed by atoms with Crippen molar-refractivity contribution in [2.75, 3.05) is 11.9 Å². The van der Waals surface area contributed by atoms with E-state index in [1.165, 1.54) is 19.3 Å². The fourth-order valence-corrected chi connectivity index (χ4v) is 2.46. The molecule has 0 spiro atoms. The molecule has 2 amide bonds. The number of hydrogen-bond acceptors (Lipinski definition) is 4. The minimum absolute atomic E-state index is 0.283. The molecule has 7 nitrogen and oxygen atoms in total. The second-order valence-electron chi connectivity index (χ2n) is 6.15. The van der Waals surface area contributed by atoms with Gasteiger partial charge in [0.2, 0.25) is 0 Å². The molecule has 1 aromatic carbocycles. The van der Waals surface area contributed by atoms with Gasteiger partial charge in [-0.1, -0.05) is 63.1 Å². The first kappa shape index (κ1) is 21.9. The van der Waals surface area contributed by atoms with Crippen LogP contribution in [0.25, 0.3) is 0 Å². The van der Waals surface area contributed by atoms with Gasteiger partial charge >= 0.3 is 12.0 Å². The van der Waals surface area contributed by atoms with Gasteiger partial charge in [-0.2, -0.15) is 5.48 Å². The highest BCUT2D eigenvalue weighted by atomic mass is 17.3. The van der Waals surface area contributed by atoms with E-state index in [9.17, 15) is 9.59 Å². The van der Waals surface area contributed by atoms with Crippen molar-refractivity contribution >= 4 is 17.7 Å². The van der Waals surface area contributed by atoms with Crippen LogP contribution in [0.3, 0.4) is 0 Å². The average molecular weight is 366 g/mol. The number of benzene rings is 1. The highest BCUT2D eigenvalue weighted by molar-refractivity contribution is 5.88. The molecule has 0 bridgehead atoms. The molecule has 0 saturated heterocycles. The van der Waals surface area contributed by atoms with Gasteiger partial charge in [-0.25, -0.2) is 9.68 Å². The Hall–Kier alpha value is -2.12. The van der Waals surface area contributed by atoms with Crippen molar-refractivity contribution in [3.05, 3.63) is 30.3 Å². The molecule has 3 N–H and O–H groups in total. The standard InChI is InChI=1S/C19H30N2O5/c22-18(23)15-11-6-4-2-1-3-5-7-12-16-25-26-21-19(24)20-17-13-9-8-10-14-17/h8-10,13-14H,1-7,11-12,15-16H2,(H,22,23)(H2,20,21,24). The number of rotatable bonds is 15. The van der Waals surface area contributed by atoms with E-state index < -0.39 is 12.0 Å². The van der Waals surface area contributed by atoms with E-state index in [1.807, 2.05) is 18.2 Å². The summed E-state index contributed by atoms with van der Waals surface area (Å²) in [6.45, 7) is 0.431. The van der Waals surface area contributed by atoms with Crippen molar-refractivity contribution in [1.82, 2.24) is 5.48 Å². The van der Waals surface area contributed by atoms with Crippen molar-refractivity contribution in [3.63, 3.8) is 0 Å². The molecule has 0 heterocycles. The summed E-state index contributed by atoms with van der Waals surface area (Å²) in [6.07, 6.45) is 9.78. The lowest BCUT2D eigenvalue weighted by atomic mass is 10.1. The third-order valence-electron chi connectivity index (χ3n) is 3.84. The molecule has 0 aliphatic carbocycles. The van der Waals surface area contributed by atoms with Crippen LogP contribution in [0.5, 0.6) is 0 Å². The number of hydroxylamine groups is 1. The van der Waals surface area contributed by atoms with E-state index in [-0.39, 0.29) is 6.42 Å². The minimum atomic E-state index is -0.705. The second-order valence-corrected chi connectivity index (χ2v) is 6.15.